The molecule has 2 N–H and O–H groups in total. The average Bonchev–Trinajstić information content (AvgIpc) is 2.56. The molecule has 0 spiro atoms. The molecule has 0 saturated carbocycles. The molecular formula is C17H16N2O4. The molecule has 0 unspecified atom stereocenters. The van der Waals surface area contributed by atoms with E-state index in [4.69, 9.17) is 9.94 Å². The minimum absolute atomic E-state index is 0.187. The molecular weight excluding hydrogens is 296 g/mol. The van der Waals surface area contributed by atoms with Gasteiger partial charge < -0.3 is 15.3 Å². The van der Waals surface area contributed by atoms with Gasteiger partial charge in [0, 0.05) is 12.5 Å². The summed E-state index contributed by atoms with van der Waals surface area (Å²) in [5.74, 6) is -0.904. The van der Waals surface area contributed by atoms with Crippen molar-refractivity contribution in [1.29, 1.82) is 0 Å². The molecule has 6 nitrogen and oxygen atoms in total. The van der Waals surface area contributed by atoms with Crippen LogP contribution in [0.3, 0.4) is 0 Å². The van der Waals surface area contributed by atoms with Crippen molar-refractivity contribution in [3.63, 3.8) is 0 Å². The topological polar surface area (TPSA) is 88.0 Å². The molecule has 6 heteroatoms. The summed E-state index contributed by atoms with van der Waals surface area (Å²) in [7, 11) is 0. The number of esters is 1. The Balaban J connectivity index is 2.09. The van der Waals surface area contributed by atoms with E-state index in [0.717, 1.165) is 0 Å². The lowest BCUT2D eigenvalue weighted by Gasteiger charge is -2.10. The quantitative estimate of drug-likeness (QED) is 0.384. The molecule has 0 aliphatic heterocycles. The summed E-state index contributed by atoms with van der Waals surface area (Å²) >= 11 is 0. The van der Waals surface area contributed by atoms with E-state index in [1.807, 2.05) is 6.07 Å². The van der Waals surface area contributed by atoms with E-state index >= 15 is 0 Å². The van der Waals surface area contributed by atoms with Gasteiger partial charge in [-0.1, -0.05) is 47.6 Å². The third-order valence-corrected chi connectivity index (χ3v) is 3.03. The summed E-state index contributed by atoms with van der Waals surface area (Å²) in [4.78, 5) is 23.4. The maximum absolute atomic E-state index is 12.2. The van der Waals surface area contributed by atoms with Gasteiger partial charge in [0.1, 0.15) is 12.3 Å². The fraction of sp³-hybridized carbons (Fsp3) is 0.118. The first-order chi connectivity index (χ1) is 11.1. The number of para-hydroxylation sites is 1. The number of ether oxygens (including phenoxy) is 1. The zero-order valence-electron chi connectivity index (χ0n) is 12.5. The summed E-state index contributed by atoms with van der Waals surface area (Å²) in [5, 5.41) is 14.8. The number of oxime groups is 1. The molecule has 0 atom stereocenters. The van der Waals surface area contributed by atoms with Crippen molar-refractivity contribution in [2.45, 2.75) is 6.92 Å². The normalized spacial score (nSPS) is 10.9. The number of nitrogens with zero attached hydrogens (tertiary/aromatic N) is 1. The van der Waals surface area contributed by atoms with E-state index < -0.39 is 5.97 Å². The van der Waals surface area contributed by atoms with E-state index in [-0.39, 0.29) is 23.8 Å². The van der Waals surface area contributed by atoms with Crippen molar-refractivity contribution in [1.82, 2.24) is 0 Å². The monoisotopic (exact) mass is 312 g/mol. The predicted octanol–water partition coefficient (Wildman–Crippen LogP) is 2.68. The Labute approximate surface area is 133 Å². The molecule has 0 fully saturated rings. The smallest absolute Gasteiger partial charge is 0.340 e. The molecule has 0 saturated heterocycles. The zero-order chi connectivity index (χ0) is 16.7. The van der Waals surface area contributed by atoms with Crippen LogP contribution in [0.1, 0.15) is 22.8 Å². The molecule has 1 amide bonds. The Morgan fingerprint density at radius 2 is 1.74 bits per heavy atom. The SMILES string of the molecule is CC(=O)Nc1ccccc1C(=O)OCC(=NO)c1ccccc1. The second-order valence-corrected chi connectivity index (χ2v) is 4.72. The van der Waals surface area contributed by atoms with Crippen LogP contribution in [0.5, 0.6) is 0 Å². The summed E-state index contributed by atoms with van der Waals surface area (Å²) in [5.41, 5.74) is 1.48. The third-order valence-electron chi connectivity index (χ3n) is 3.03. The lowest BCUT2D eigenvalue weighted by molar-refractivity contribution is -0.114. The van der Waals surface area contributed by atoms with Crippen molar-refractivity contribution in [2.75, 3.05) is 11.9 Å². The first-order valence-corrected chi connectivity index (χ1v) is 6.92. The van der Waals surface area contributed by atoms with Crippen molar-refractivity contribution < 1.29 is 19.5 Å². The minimum Gasteiger partial charge on any atom is -0.455 e. The van der Waals surface area contributed by atoms with Crippen LogP contribution in [-0.2, 0) is 9.53 Å². The van der Waals surface area contributed by atoms with Crippen LogP contribution in [0.15, 0.2) is 59.8 Å². The van der Waals surface area contributed by atoms with Crippen LogP contribution in [0, 0.1) is 0 Å². The summed E-state index contributed by atoms with van der Waals surface area (Å²) < 4.78 is 5.18. The molecule has 0 heterocycles. The van der Waals surface area contributed by atoms with Gasteiger partial charge in [-0.25, -0.2) is 4.79 Å². The highest BCUT2D eigenvalue weighted by atomic mass is 16.5. The first-order valence-electron chi connectivity index (χ1n) is 6.92. The van der Waals surface area contributed by atoms with Gasteiger partial charge in [0.25, 0.3) is 0 Å². The number of anilines is 1. The Morgan fingerprint density at radius 3 is 2.39 bits per heavy atom. The molecule has 0 radical (unpaired) electrons. The van der Waals surface area contributed by atoms with Crippen LogP contribution < -0.4 is 5.32 Å². The predicted molar refractivity (Wildman–Crippen MR) is 85.8 cm³/mol. The van der Waals surface area contributed by atoms with Gasteiger partial charge in [-0.3, -0.25) is 4.79 Å². The number of amides is 1. The van der Waals surface area contributed by atoms with Gasteiger partial charge >= 0.3 is 5.97 Å². The van der Waals surface area contributed by atoms with Crippen molar-refractivity contribution in [2.24, 2.45) is 5.16 Å². The third kappa shape index (κ3) is 4.41. The Hall–Kier alpha value is -3.15. The highest BCUT2D eigenvalue weighted by molar-refractivity contribution is 6.04. The van der Waals surface area contributed by atoms with Gasteiger partial charge in [0.05, 0.1) is 11.3 Å². The van der Waals surface area contributed by atoms with Crippen molar-refractivity contribution >= 4 is 23.3 Å². The molecule has 0 bridgehead atoms. The molecule has 2 aromatic carbocycles. The van der Waals surface area contributed by atoms with Crippen LogP contribution in [-0.4, -0.2) is 29.4 Å². The number of rotatable bonds is 5. The van der Waals surface area contributed by atoms with Gasteiger partial charge in [0.2, 0.25) is 5.91 Å². The van der Waals surface area contributed by atoms with Gasteiger partial charge in [0.15, 0.2) is 0 Å². The van der Waals surface area contributed by atoms with E-state index in [1.165, 1.54) is 6.92 Å². The maximum Gasteiger partial charge on any atom is 0.340 e. The van der Waals surface area contributed by atoms with Crippen molar-refractivity contribution in [3.8, 4) is 0 Å². The van der Waals surface area contributed by atoms with Crippen LogP contribution in [0.25, 0.3) is 0 Å². The standard InChI is InChI=1S/C17H16N2O4/c1-12(20)18-15-10-6-5-9-14(15)17(21)23-11-16(19-22)13-7-3-2-4-8-13/h2-10,22H,11H2,1H3,(H,18,20). The first kappa shape index (κ1) is 16.2. The minimum atomic E-state index is -0.619. The molecule has 118 valence electrons. The molecule has 0 aliphatic rings. The zero-order valence-corrected chi connectivity index (χ0v) is 12.5. The lowest BCUT2D eigenvalue weighted by Crippen LogP contribution is -2.17. The lowest BCUT2D eigenvalue weighted by atomic mass is 10.1. The number of carbonyl (C=O) groups is 2. The highest BCUT2D eigenvalue weighted by Gasteiger charge is 2.15. The Bertz CT molecular complexity index is 726. The fourth-order valence-electron chi connectivity index (χ4n) is 1.97. The van der Waals surface area contributed by atoms with E-state index in [2.05, 4.69) is 10.5 Å². The molecule has 23 heavy (non-hydrogen) atoms. The van der Waals surface area contributed by atoms with Crippen LogP contribution in [0.4, 0.5) is 5.69 Å². The molecule has 0 aromatic heterocycles. The molecule has 2 aromatic rings. The maximum atomic E-state index is 12.2. The molecule has 2 rings (SSSR count). The second kappa shape index (κ2) is 7.74. The van der Waals surface area contributed by atoms with Crippen molar-refractivity contribution in [3.05, 3.63) is 65.7 Å². The summed E-state index contributed by atoms with van der Waals surface area (Å²) in [6, 6.07) is 15.4. The fourth-order valence-corrected chi connectivity index (χ4v) is 1.97. The average molecular weight is 312 g/mol. The number of benzene rings is 2. The van der Waals surface area contributed by atoms with Crippen LogP contribution >= 0.6 is 0 Å². The second-order valence-electron chi connectivity index (χ2n) is 4.72. The number of hydrogen-bond donors (Lipinski definition) is 2. The Morgan fingerprint density at radius 1 is 1.09 bits per heavy atom. The number of carbonyl (C=O) groups excluding carboxylic acids is 2. The van der Waals surface area contributed by atoms with E-state index in [1.54, 1.807) is 48.5 Å². The van der Waals surface area contributed by atoms with E-state index in [0.29, 0.717) is 11.3 Å². The van der Waals surface area contributed by atoms with Gasteiger partial charge in [-0.05, 0) is 12.1 Å². The van der Waals surface area contributed by atoms with Gasteiger partial charge in [-0.2, -0.15) is 0 Å². The number of nitrogens with one attached hydrogen (secondary N) is 1. The summed E-state index contributed by atoms with van der Waals surface area (Å²) in [6.45, 7) is 1.17. The largest absolute Gasteiger partial charge is 0.455 e. The highest BCUT2D eigenvalue weighted by Crippen LogP contribution is 2.16. The van der Waals surface area contributed by atoms with Gasteiger partial charge in [-0.15, -0.1) is 0 Å². The number of hydrogen-bond acceptors (Lipinski definition) is 5. The van der Waals surface area contributed by atoms with Crippen LogP contribution in [0.2, 0.25) is 0 Å². The summed E-state index contributed by atoms with van der Waals surface area (Å²) in [6.07, 6.45) is 0. The van der Waals surface area contributed by atoms with E-state index in [9.17, 15) is 9.59 Å². The molecule has 0 aliphatic carbocycles. The Kier molecular flexibility index (Phi) is 5.46.